The molecule has 1 aromatic rings. The van der Waals surface area contributed by atoms with E-state index >= 15 is 0 Å². The van der Waals surface area contributed by atoms with Gasteiger partial charge in [-0.25, -0.2) is 0 Å². The zero-order valence-electron chi connectivity index (χ0n) is 8.80. The Morgan fingerprint density at radius 3 is 3.19 bits per heavy atom. The van der Waals surface area contributed by atoms with Crippen LogP contribution in [0.25, 0.3) is 0 Å². The van der Waals surface area contributed by atoms with Gasteiger partial charge in [0.1, 0.15) is 0 Å². The molecule has 1 fully saturated rings. The van der Waals surface area contributed by atoms with E-state index in [9.17, 15) is 0 Å². The maximum Gasteiger partial charge on any atom is 0.0738 e. The van der Waals surface area contributed by atoms with E-state index in [1.807, 2.05) is 6.07 Å². The summed E-state index contributed by atoms with van der Waals surface area (Å²) < 4.78 is 6.86. The molecule has 0 aliphatic carbocycles. The van der Waals surface area contributed by atoms with E-state index < -0.39 is 0 Å². The van der Waals surface area contributed by atoms with E-state index in [1.54, 1.807) is 0 Å². The third kappa shape index (κ3) is 1.70. The largest absolute Gasteiger partial charge is 0.373 e. The van der Waals surface area contributed by atoms with Gasteiger partial charge in [-0.05, 0) is 40.5 Å². The lowest BCUT2D eigenvalue weighted by atomic mass is 9.84. The first-order valence-corrected chi connectivity index (χ1v) is 6.73. The van der Waals surface area contributed by atoms with Gasteiger partial charge in [-0.1, -0.05) is 17.7 Å². The van der Waals surface area contributed by atoms with E-state index in [0.717, 1.165) is 34.6 Å². The summed E-state index contributed by atoms with van der Waals surface area (Å²) in [6.07, 6.45) is 1.46. The van der Waals surface area contributed by atoms with Gasteiger partial charge in [-0.3, -0.25) is 0 Å². The molecule has 3 rings (SSSR count). The predicted molar refractivity (Wildman–Crippen MR) is 68.0 cm³/mol. The van der Waals surface area contributed by atoms with Crippen LogP contribution in [0.2, 0.25) is 5.02 Å². The van der Waals surface area contributed by atoms with Crippen LogP contribution in [-0.4, -0.2) is 19.2 Å². The van der Waals surface area contributed by atoms with Crippen LogP contribution >= 0.6 is 27.5 Å². The Bertz CT molecular complexity index is 424. The third-order valence-corrected chi connectivity index (χ3v) is 4.81. The first-order chi connectivity index (χ1) is 7.77. The van der Waals surface area contributed by atoms with Gasteiger partial charge in [-0.15, -0.1) is 0 Å². The van der Waals surface area contributed by atoms with E-state index in [2.05, 4.69) is 27.3 Å². The van der Waals surface area contributed by atoms with Crippen LogP contribution in [0.3, 0.4) is 0 Å². The van der Waals surface area contributed by atoms with Crippen molar-refractivity contribution in [2.24, 2.45) is 0 Å². The second-order valence-corrected chi connectivity index (χ2v) is 5.61. The lowest BCUT2D eigenvalue weighted by Crippen LogP contribution is -2.42. The highest BCUT2D eigenvalue weighted by Gasteiger charge is 2.33. The minimum absolute atomic E-state index is 0.367. The van der Waals surface area contributed by atoms with Gasteiger partial charge in [0.05, 0.1) is 17.7 Å². The lowest BCUT2D eigenvalue weighted by Gasteiger charge is -2.37. The molecular formula is C12H13BrClNO. The number of nitrogens with one attached hydrogen (secondary N) is 1. The fraction of sp³-hybridized carbons (Fsp3) is 0.500. The van der Waals surface area contributed by atoms with Gasteiger partial charge in [0, 0.05) is 22.5 Å². The minimum atomic E-state index is 0.367. The van der Waals surface area contributed by atoms with Crippen molar-refractivity contribution >= 4 is 27.5 Å². The Kier molecular flexibility index (Phi) is 2.96. The normalized spacial score (nSPS) is 28.4. The van der Waals surface area contributed by atoms with Crippen LogP contribution in [-0.2, 0) is 11.3 Å². The highest BCUT2D eigenvalue weighted by Crippen LogP contribution is 2.39. The Balaban J connectivity index is 2.05. The number of ether oxygens (including phenoxy) is 1. The minimum Gasteiger partial charge on any atom is -0.373 e. The molecule has 0 saturated carbocycles. The topological polar surface area (TPSA) is 21.3 Å². The zero-order chi connectivity index (χ0) is 11.1. The molecule has 1 N–H and O–H groups in total. The highest BCUT2D eigenvalue weighted by atomic mass is 79.9. The molecule has 4 heteroatoms. The smallest absolute Gasteiger partial charge is 0.0738 e. The second kappa shape index (κ2) is 4.30. The van der Waals surface area contributed by atoms with Crippen molar-refractivity contribution in [2.75, 3.05) is 13.1 Å². The van der Waals surface area contributed by atoms with Gasteiger partial charge in [0.25, 0.3) is 0 Å². The fourth-order valence-corrected chi connectivity index (χ4v) is 3.23. The molecule has 1 aromatic carbocycles. The van der Waals surface area contributed by atoms with Crippen LogP contribution in [0.4, 0.5) is 0 Å². The van der Waals surface area contributed by atoms with Gasteiger partial charge < -0.3 is 10.1 Å². The highest BCUT2D eigenvalue weighted by molar-refractivity contribution is 9.10. The number of halogens is 2. The third-order valence-electron chi connectivity index (χ3n) is 3.49. The summed E-state index contributed by atoms with van der Waals surface area (Å²) in [5.41, 5.74) is 2.51. The number of fused-ring (bicyclic) bond motifs is 3. The molecule has 1 saturated heterocycles. The molecule has 2 atom stereocenters. The quantitative estimate of drug-likeness (QED) is 0.795. The number of hydrogen-bond donors (Lipinski definition) is 1. The first-order valence-electron chi connectivity index (χ1n) is 5.56. The molecule has 2 nitrogen and oxygen atoms in total. The van der Waals surface area contributed by atoms with Crippen molar-refractivity contribution in [3.05, 3.63) is 32.8 Å². The van der Waals surface area contributed by atoms with Crippen molar-refractivity contribution in [3.8, 4) is 0 Å². The van der Waals surface area contributed by atoms with Crippen LogP contribution in [0.5, 0.6) is 0 Å². The molecule has 2 aliphatic heterocycles. The van der Waals surface area contributed by atoms with Crippen molar-refractivity contribution in [3.63, 3.8) is 0 Å². The summed E-state index contributed by atoms with van der Waals surface area (Å²) in [5.74, 6) is 0.461. The molecular weight excluding hydrogens is 289 g/mol. The van der Waals surface area contributed by atoms with E-state index in [0.29, 0.717) is 18.6 Å². The van der Waals surface area contributed by atoms with Crippen molar-refractivity contribution in [2.45, 2.75) is 25.0 Å². The lowest BCUT2D eigenvalue weighted by molar-refractivity contribution is -0.00678. The summed E-state index contributed by atoms with van der Waals surface area (Å²) in [6, 6.07) is 4.22. The van der Waals surface area contributed by atoms with Gasteiger partial charge in [-0.2, -0.15) is 0 Å². The molecule has 0 radical (unpaired) electrons. The molecule has 0 aromatic heterocycles. The maximum absolute atomic E-state index is 6.30. The van der Waals surface area contributed by atoms with Crippen LogP contribution < -0.4 is 5.32 Å². The van der Waals surface area contributed by atoms with Crippen molar-refractivity contribution in [1.82, 2.24) is 5.32 Å². The molecule has 86 valence electrons. The van der Waals surface area contributed by atoms with E-state index in [4.69, 9.17) is 16.3 Å². The first kappa shape index (κ1) is 11.0. The van der Waals surface area contributed by atoms with Gasteiger partial charge in [0.15, 0.2) is 0 Å². The monoisotopic (exact) mass is 301 g/mol. The molecule has 2 aliphatic rings. The molecule has 16 heavy (non-hydrogen) atoms. The van der Waals surface area contributed by atoms with Gasteiger partial charge >= 0.3 is 0 Å². The summed E-state index contributed by atoms with van der Waals surface area (Å²) in [5, 5.41) is 4.23. The van der Waals surface area contributed by atoms with E-state index in [-0.39, 0.29) is 0 Å². The summed E-state index contributed by atoms with van der Waals surface area (Å²) in [6.45, 7) is 2.70. The van der Waals surface area contributed by atoms with Crippen molar-refractivity contribution < 1.29 is 4.74 Å². The number of rotatable bonds is 0. The maximum atomic E-state index is 6.30. The van der Waals surface area contributed by atoms with Crippen LogP contribution in [0.15, 0.2) is 16.6 Å². The average molecular weight is 303 g/mol. The zero-order valence-corrected chi connectivity index (χ0v) is 11.1. The van der Waals surface area contributed by atoms with E-state index in [1.165, 1.54) is 5.56 Å². The summed E-state index contributed by atoms with van der Waals surface area (Å²) in [7, 11) is 0. The molecule has 0 bridgehead atoms. The predicted octanol–water partition coefficient (Wildman–Crippen LogP) is 3.08. The molecule has 0 spiro atoms. The number of piperidine rings is 1. The molecule has 2 heterocycles. The standard InChI is InChI=1S/C12H13BrClNO/c13-10-2-1-7-8-5-15-4-3-11(8)16-6-9(7)12(10)14/h1-2,8,11,15H,3-6H2/t8-,11-/m0/s1. The van der Waals surface area contributed by atoms with Crippen LogP contribution in [0, 0.1) is 0 Å². The molecule has 0 unspecified atom stereocenters. The van der Waals surface area contributed by atoms with Crippen LogP contribution in [0.1, 0.15) is 23.5 Å². The number of benzene rings is 1. The number of hydrogen-bond acceptors (Lipinski definition) is 2. The van der Waals surface area contributed by atoms with Gasteiger partial charge in [0.2, 0.25) is 0 Å². The van der Waals surface area contributed by atoms with Crippen molar-refractivity contribution in [1.29, 1.82) is 0 Å². The second-order valence-electron chi connectivity index (χ2n) is 4.38. The SMILES string of the molecule is Clc1c(Br)ccc2c1CO[C@H]1CCNC[C@@H]21. The summed E-state index contributed by atoms with van der Waals surface area (Å²) in [4.78, 5) is 0. The Labute approximate surface area is 108 Å². The fourth-order valence-electron chi connectivity index (χ4n) is 2.64. The Morgan fingerprint density at radius 1 is 1.44 bits per heavy atom. The summed E-state index contributed by atoms with van der Waals surface area (Å²) >= 11 is 9.75. The average Bonchev–Trinajstić information content (AvgIpc) is 2.33. The molecule has 0 amide bonds. The Morgan fingerprint density at radius 2 is 2.31 bits per heavy atom. The Hall–Kier alpha value is -0.0900.